The second kappa shape index (κ2) is 3.94. The van der Waals surface area contributed by atoms with Crippen molar-refractivity contribution in [2.45, 2.75) is 32.6 Å². The SMILES string of the molecule is CCC1CCC(Cl)=C(C(=O)O)C1. The molecule has 0 saturated carbocycles. The number of aliphatic carboxylic acids is 1. The normalized spacial score (nSPS) is 24.3. The van der Waals surface area contributed by atoms with Gasteiger partial charge in [0.2, 0.25) is 0 Å². The Bertz CT molecular complexity index is 221. The number of hydrogen-bond donors (Lipinski definition) is 1. The minimum Gasteiger partial charge on any atom is -0.478 e. The molecule has 0 radical (unpaired) electrons. The zero-order valence-corrected chi connectivity index (χ0v) is 7.90. The molecule has 1 rings (SSSR count). The molecule has 0 heterocycles. The Morgan fingerprint density at radius 1 is 1.75 bits per heavy atom. The van der Waals surface area contributed by atoms with Gasteiger partial charge in [0.25, 0.3) is 0 Å². The first kappa shape index (κ1) is 9.59. The van der Waals surface area contributed by atoms with E-state index in [1.807, 2.05) is 0 Å². The molecule has 3 heteroatoms. The van der Waals surface area contributed by atoms with Gasteiger partial charge >= 0.3 is 5.97 Å². The number of allylic oxidation sites excluding steroid dienone is 1. The van der Waals surface area contributed by atoms with Gasteiger partial charge in [-0.15, -0.1) is 0 Å². The van der Waals surface area contributed by atoms with E-state index in [2.05, 4.69) is 6.92 Å². The molecule has 68 valence electrons. The summed E-state index contributed by atoms with van der Waals surface area (Å²) in [6.45, 7) is 2.09. The van der Waals surface area contributed by atoms with Gasteiger partial charge in [0.1, 0.15) is 0 Å². The molecule has 0 saturated heterocycles. The second-order valence-electron chi connectivity index (χ2n) is 3.21. The van der Waals surface area contributed by atoms with Gasteiger partial charge in [-0.3, -0.25) is 0 Å². The molecule has 2 nitrogen and oxygen atoms in total. The summed E-state index contributed by atoms with van der Waals surface area (Å²) in [6, 6.07) is 0. The number of carbonyl (C=O) groups is 1. The molecule has 1 aliphatic carbocycles. The highest BCUT2D eigenvalue weighted by molar-refractivity contribution is 6.31. The van der Waals surface area contributed by atoms with Crippen LogP contribution < -0.4 is 0 Å². The van der Waals surface area contributed by atoms with E-state index in [0.29, 0.717) is 22.9 Å². The van der Waals surface area contributed by atoms with Gasteiger partial charge in [-0.1, -0.05) is 24.9 Å². The van der Waals surface area contributed by atoms with E-state index in [-0.39, 0.29) is 0 Å². The van der Waals surface area contributed by atoms with Crippen molar-refractivity contribution in [2.75, 3.05) is 0 Å². The lowest BCUT2D eigenvalue weighted by Crippen LogP contribution is -2.13. The highest BCUT2D eigenvalue weighted by Crippen LogP contribution is 2.33. The molecule has 1 unspecified atom stereocenters. The summed E-state index contributed by atoms with van der Waals surface area (Å²) in [5, 5.41) is 9.33. The predicted octanol–water partition coefficient (Wildman–Crippen LogP) is 2.77. The number of carboxylic acids is 1. The predicted molar refractivity (Wildman–Crippen MR) is 48.1 cm³/mol. The van der Waals surface area contributed by atoms with Crippen molar-refractivity contribution in [3.8, 4) is 0 Å². The maximum absolute atomic E-state index is 10.7. The van der Waals surface area contributed by atoms with E-state index in [9.17, 15) is 4.79 Å². The molecule has 1 aliphatic rings. The first-order valence-corrected chi connectivity index (χ1v) is 4.63. The smallest absolute Gasteiger partial charge is 0.332 e. The van der Waals surface area contributed by atoms with Crippen LogP contribution in [0, 0.1) is 5.92 Å². The third-order valence-corrected chi connectivity index (χ3v) is 2.84. The number of rotatable bonds is 2. The Morgan fingerprint density at radius 2 is 2.42 bits per heavy atom. The van der Waals surface area contributed by atoms with E-state index in [0.717, 1.165) is 19.3 Å². The zero-order chi connectivity index (χ0) is 9.14. The van der Waals surface area contributed by atoms with Crippen molar-refractivity contribution < 1.29 is 9.90 Å². The van der Waals surface area contributed by atoms with Crippen LogP contribution in [0.5, 0.6) is 0 Å². The lowest BCUT2D eigenvalue weighted by molar-refractivity contribution is -0.133. The van der Waals surface area contributed by atoms with Crippen molar-refractivity contribution >= 4 is 17.6 Å². The Morgan fingerprint density at radius 3 is 2.92 bits per heavy atom. The summed E-state index contributed by atoms with van der Waals surface area (Å²) in [7, 11) is 0. The maximum Gasteiger partial charge on any atom is 0.332 e. The lowest BCUT2D eigenvalue weighted by Gasteiger charge is -2.21. The van der Waals surface area contributed by atoms with Crippen LogP contribution in [0.15, 0.2) is 10.6 Å². The molecule has 0 fully saturated rings. The average molecular weight is 189 g/mol. The Balaban J connectivity index is 2.74. The van der Waals surface area contributed by atoms with Gasteiger partial charge in [-0.2, -0.15) is 0 Å². The minimum absolute atomic E-state index is 0.426. The molecule has 1 N–H and O–H groups in total. The minimum atomic E-state index is -0.849. The lowest BCUT2D eigenvalue weighted by atomic mass is 9.87. The summed E-state index contributed by atoms with van der Waals surface area (Å²) in [5.74, 6) is -0.336. The van der Waals surface area contributed by atoms with Gasteiger partial charge in [0, 0.05) is 5.03 Å². The summed E-state index contributed by atoms with van der Waals surface area (Å²) < 4.78 is 0. The van der Waals surface area contributed by atoms with Gasteiger partial charge in [0.05, 0.1) is 5.57 Å². The molecule has 1 atom stereocenters. The van der Waals surface area contributed by atoms with Crippen molar-refractivity contribution in [2.24, 2.45) is 5.92 Å². The first-order valence-electron chi connectivity index (χ1n) is 4.26. The van der Waals surface area contributed by atoms with E-state index in [1.54, 1.807) is 0 Å². The molecule has 0 aromatic rings. The summed E-state index contributed by atoms with van der Waals surface area (Å²) >= 11 is 5.80. The largest absolute Gasteiger partial charge is 0.478 e. The zero-order valence-electron chi connectivity index (χ0n) is 7.14. The van der Waals surface area contributed by atoms with Gasteiger partial charge in [-0.05, 0) is 25.2 Å². The first-order chi connectivity index (χ1) is 5.65. The van der Waals surface area contributed by atoms with Crippen molar-refractivity contribution in [3.05, 3.63) is 10.6 Å². The van der Waals surface area contributed by atoms with Crippen LogP contribution in [-0.2, 0) is 4.79 Å². The molecule has 0 aromatic heterocycles. The van der Waals surface area contributed by atoms with Gasteiger partial charge in [-0.25, -0.2) is 4.79 Å². The van der Waals surface area contributed by atoms with E-state index >= 15 is 0 Å². The Hall–Kier alpha value is -0.500. The molecule has 0 aromatic carbocycles. The van der Waals surface area contributed by atoms with Crippen LogP contribution in [0.25, 0.3) is 0 Å². The fourth-order valence-electron chi connectivity index (χ4n) is 1.54. The number of hydrogen-bond acceptors (Lipinski definition) is 1. The van der Waals surface area contributed by atoms with Crippen LogP contribution in [-0.4, -0.2) is 11.1 Å². The fourth-order valence-corrected chi connectivity index (χ4v) is 1.80. The molecule has 0 aliphatic heterocycles. The number of carboxylic acid groups (broad SMARTS) is 1. The Labute approximate surface area is 77.2 Å². The quantitative estimate of drug-likeness (QED) is 0.724. The van der Waals surface area contributed by atoms with Crippen LogP contribution in [0.4, 0.5) is 0 Å². The van der Waals surface area contributed by atoms with Crippen molar-refractivity contribution in [3.63, 3.8) is 0 Å². The van der Waals surface area contributed by atoms with Crippen molar-refractivity contribution in [1.82, 2.24) is 0 Å². The van der Waals surface area contributed by atoms with Crippen LogP contribution in [0.2, 0.25) is 0 Å². The molecule has 0 bridgehead atoms. The number of halogens is 1. The van der Waals surface area contributed by atoms with Crippen LogP contribution in [0.3, 0.4) is 0 Å². The highest BCUT2D eigenvalue weighted by Gasteiger charge is 2.22. The summed E-state index contributed by atoms with van der Waals surface area (Å²) in [5.41, 5.74) is 0.426. The topological polar surface area (TPSA) is 37.3 Å². The molecule has 12 heavy (non-hydrogen) atoms. The van der Waals surface area contributed by atoms with Crippen LogP contribution >= 0.6 is 11.6 Å². The second-order valence-corrected chi connectivity index (χ2v) is 3.66. The Kier molecular flexibility index (Phi) is 3.15. The third-order valence-electron chi connectivity index (χ3n) is 2.43. The summed E-state index contributed by atoms with van der Waals surface area (Å²) in [6.07, 6.45) is 3.46. The van der Waals surface area contributed by atoms with Crippen molar-refractivity contribution in [1.29, 1.82) is 0 Å². The fraction of sp³-hybridized carbons (Fsp3) is 0.667. The standard InChI is InChI=1S/C9H13ClO2/c1-2-6-3-4-8(10)7(5-6)9(11)12/h6H,2-5H2,1H3,(H,11,12). The molecular weight excluding hydrogens is 176 g/mol. The van der Waals surface area contributed by atoms with E-state index < -0.39 is 5.97 Å². The molecule has 0 amide bonds. The van der Waals surface area contributed by atoms with E-state index in [4.69, 9.17) is 16.7 Å². The van der Waals surface area contributed by atoms with E-state index in [1.165, 1.54) is 0 Å². The molecular formula is C9H13ClO2. The monoisotopic (exact) mass is 188 g/mol. The summed E-state index contributed by atoms with van der Waals surface area (Å²) in [4.78, 5) is 10.7. The van der Waals surface area contributed by atoms with Gasteiger partial charge < -0.3 is 5.11 Å². The maximum atomic E-state index is 10.7. The van der Waals surface area contributed by atoms with Gasteiger partial charge in [0.15, 0.2) is 0 Å². The molecule has 0 spiro atoms. The van der Waals surface area contributed by atoms with Crippen LogP contribution in [0.1, 0.15) is 32.6 Å². The third kappa shape index (κ3) is 2.01. The average Bonchev–Trinajstić information content (AvgIpc) is 2.05. The highest BCUT2D eigenvalue weighted by atomic mass is 35.5.